The zero-order chi connectivity index (χ0) is 17.5. The lowest BCUT2D eigenvalue weighted by molar-refractivity contribution is -0.104. The van der Waals surface area contributed by atoms with E-state index in [2.05, 4.69) is 32.0 Å². The van der Waals surface area contributed by atoms with Crippen LogP contribution in [0.25, 0.3) is 6.08 Å². The minimum Gasteiger partial charge on any atom is -0.299 e. The second-order valence-corrected chi connectivity index (χ2v) is 6.86. The first-order valence-electron chi connectivity index (χ1n) is 10.1. The summed E-state index contributed by atoms with van der Waals surface area (Å²) in [5.74, 6) is 0. The minimum atomic E-state index is 0.868. The Labute approximate surface area is 149 Å². The third kappa shape index (κ3) is 9.05. The molecule has 0 aliphatic carbocycles. The molecule has 0 heterocycles. The van der Waals surface area contributed by atoms with Crippen LogP contribution in [0.2, 0.25) is 0 Å². The second kappa shape index (κ2) is 14.0. The molecule has 0 amide bonds. The van der Waals surface area contributed by atoms with Crippen LogP contribution in [0.5, 0.6) is 0 Å². The Kier molecular flexibility index (Phi) is 12.1. The van der Waals surface area contributed by atoms with Crippen molar-refractivity contribution in [3.05, 3.63) is 41.0 Å². The van der Waals surface area contributed by atoms with E-state index in [9.17, 15) is 4.79 Å². The van der Waals surface area contributed by atoms with E-state index in [0.29, 0.717) is 0 Å². The molecule has 1 nitrogen and oxygen atoms in total. The highest BCUT2D eigenvalue weighted by Crippen LogP contribution is 2.19. The third-order valence-corrected chi connectivity index (χ3v) is 4.68. The van der Waals surface area contributed by atoms with E-state index in [4.69, 9.17) is 0 Å². The van der Waals surface area contributed by atoms with Crippen LogP contribution in [0.4, 0.5) is 0 Å². The molecule has 1 rings (SSSR count). The molecule has 0 spiro atoms. The Morgan fingerprint density at radius 1 is 0.792 bits per heavy atom. The molecular formula is C23H36O. The van der Waals surface area contributed by atoms with Crippen molar-refractivity contribution in [1.82, 2.24) is 0 Å². The molecule has 0 saturated carbocycles. The van der Waals surface area contributed by atoms with Gasteiger partial charge in [-0.1, -0.05) is 89.5 Å². The fourth-order valence-corrected chi connectivity index (χ4v) is 3.19. The van der Waals surface area contributed by atoms with Gasteiger partial charge in [0.1, 0.15) is 6.29 Å². The van der Waals surface area contributed by atoms with Gasteiger partial charge in [-0.3, -0.25) is 4.79 Å². The topological polar surface area (TPSA) is 17.1 Å². The average Bonchev–Trinajstić information content (AvgIpc) is 2.60. The van der Waals surface area contributed by atoms with Crippen LogP contribution in [-0.4, -0.2) is 6.29 Å². The van der Waals surface area contributed by atoms with Gasteiger partial charge >= 0.3 is 0 Å². The Balaban J connectivity index is 2.58. The van der Waals surface area contributed by atoms with Crippen molar-refractivity contribution in [2.75, 3.05) is 0 Å². The highest BCUT2D eigenvalue weighted by Gasteiger charge is 2.03. The lowest BCUT2D eigenvalue weighted by Crippen LogP contribution is -1.95. The van der Waals surface area contributed by atoms with Gasteiger partial charge in [0.25, 0.3) is 0 Å². The second-order valence-electron chi connectivity index (χ2n) is 6.86. The molecular weight excluding hydrogens is 292 g/mol. The largest absolute Gasteiger partial charge is 0.299 e. The molecule has 0 fully saturated rings. The number of hydrogen-bond donors (Lipinski definition) is 0. The smallest absolute Gasteiger partial charge is 0.142 e. The van der Waals surface area contributed by atoms with Crippen LogP contribution in [0.3, 0.4) is 0 Å². The minimum absolute atomic E-state index is 0.868. The van der Waals surface area contributed by atoms with E-state index in [1.54, 1.807) is 6.08 Å². The summed E-state index contributed by atoms with van der Waals surface area (Å²) in [6.45, 7) is 4.52. The summed E-state index contributed by atoms with van der Waals surface area (Å²) < 4.78 is 0. The first-order chi connectivity index (χ1) is 11.8. The number of aldehydes is 1. The fourth-order valence-electron chi connectivity index (χ4n) is 3.19. The number of carbonyl (C=O) groups excluding carboxylic acids is 1. The number of carbonyl (C=O) groups is 1. The molecule has 0 aliphatic rings. The van der Waals surface area contributed by atoms with Crippen molar-refractivity contribution in [3.8, 4) is 0 Å². The molecule has 1 heteroatoms. The summed E-state index contributed by atoms with van der Waals surface area (Å²) in [5, 5.41) is 0. The molecule has 0 saturated heterocycles. The average molecular weight is 329 g/mol. The van der Waals surface area contributed by atoms with E-state index in [1.807, 2.05) is 6.08 Å². The van der Waals surface area contributed by atoms with Crippen LogP contribution in [0, 0.1) is 0 Å². The molecule has 0 radical (unpaired) electrons. The van der Waals surface area contributed by atoms with Crippen molar-refractivity contribution in [1.29, 1.82) is 0 Å². The number of benzene rings is 1. The van der Waals surface area contributed by atoms with E-state index >= 15 is 0 Å². The quantitative estimate of drug-likeness (QED) is 0.206. The Morgan fingerprint density at radius 2 is 1.42 bits per heavy atom. The van der Waals surface area contributed by atoms with Crippen LogP contribution in [-0.2, 0) is 17.6 Å². The number of aryl methyl sites for hydroxylation is 2. The highest BCUT2D eigenvalue weighted by molar-refractivity contribution is 5.74. The van der Waals surface area contributed by atoms with Gasteiger partial charge in [0.15, 0.2) is 0 Å². The molecule has 0 N–H and O–H groups in total. The summed E-state index contributed by atoms with van der Waals surface area (Å²) >= 11 is 0. The first kappa shape index (κ1) is 20.7. The number of rotatable bonds is 14. The van der Waals surface area contributed by atoms with Crippen LogP contribution < -0.4 is 0 Å². The zero-order valence-electron chi connectivity index (χ0n) is 15.9. The molecule has 0 atom stereocenters. The predicted octanol–water partition coefficient (Wildman–Crippen LogP) is 6.92. The summed E-state index contributed by atoms with van der Waals surface area (Å²) in [6, 6.07) is 6.82. The van der Waals surface area contributed by atoms with Gasteiger partial charge in [0, 0.05) is 0 Å². The summed E-state index contributed by atoms with van der Waals surface area (Å²) in [6.07, 6.45) is 20.0. The summed E-state index contributed by atoms with van der Waals surface area (Å²) in [4.78, 5) is 10.6. The number of hydrogen-bond acceptors (Lipinski definition) is 1. The maximum atomic E-state index is 10.6. The van der Waals surface area contributed by atoms with Gasteiger partial charge in [-0.25, -0.2) is 0 Å². The normalized spacial score (nSPS) is 11.2. The standard InChI is InChI=1S/C23H36O/c1-3-5-7-9-11-14-21-17-18-22(16-13-19-24)23(20-21)15-12-10-8-6-4-2/h13,16-20H,3-12,14-15H2,1-2H3. The van der Waals surface area contributed by atoms with Crippen LogP contribution in [0.1, 0.15) is 94.7 Å². The van der Waals surface area contributed by atoms with Crippen molar-refractivity contribution < 1.29 is 4.79 Å². The molecule has 0 bridgehead atoms. The van der Waals surface area contributed by atoms with E-state index < -0.39 is 0 Å². The highest BCUT2D eigenvalue weighted by atomic mass is 16.1. The van der Waals surface area contributed by atoms with Gasteiger partial charge < -0.3 is 0 Å². The molecule has 0 aliphatic heterocycles. The Hall–Kier alpha value is -1.37. The van der Waals surface area contributed by atoms with Gasteiger partial charge in [0.2, 0.25) is 0 Å². The maximum Gasteiger partial charge on any atom is 0.142 e. The van der Waals surface area contributed by atoms with E-state index in [0.717, 1.165) is 12.7 Å². The Bertz CT molecular complexity index is 473. The zero-order valence-corrected chi connectivity index (χ0v) is 15.9. The molecule has 134 valence electrons. The van der Waals surface area contributed by atoms with Gasteiger partial charge in [-0.05, 0) is 48.4 Å². The third-order valence-electron chi connectivity index (χ3n) is 4.68. The van der Waals surface area contributed by atoms with E-state index in [1.165, 1.54) is 87.3 Å². The molecule has 24 heavy (non-hydrogen) atoms. The lowest BCUT2D eigenvalue weighted by atomic mass is 9.96. The molecule has 1 aromatic rings. The number of unbranched alkanes of at least 4 members (excludes halogenated alkanes) is 8. The Morgan fingerprint density at radius 3 is 2.04 bits per heavy atom. The first-order valence-corrected chi connectivity index (χ1v) is 10.1. The van der Waals surface area contributed by atoms with Crippen molar-refractivity contribution in [3.63, 3.8) is 0 Å². The van der Waals surface area contributed by atoms with Crippen molar-refractivity contribution >= 4 is 12.4 Å². The predicted molar refractivity (Wildman–Crippen MR) is 106 cm³/mol. The van der Waals surface area contributed by atoms with Crippen molar-refractivity contribution in [2.45, 2.75) is 90.9 Å². The van der Waals surface area contributed by atoms with Gasteiger partial charge in [-0.15, -0.1) is 0 Å². The molecule has 1 aromatic carbocycles. The van der Waals surface area contributed by atoms with Crippen LogP contribution >= 0.6 is 0 Å². The van der Waals surface area contributed by atoms with Gasteiger partial charge in [-0.2, -0.15) is 0 Å². The van der Waals surface area contributed by atoms with E-state index in [-0.39, 0.29) is 0 Å². The summed E-state index contributed by atoms with van der Waals surface area (Å²) in [5.41, 5.74) is 4.08. The van der Waals surface area contributed by atoms with Crippen LogP contribution in [0.15, 0.2) is 24.3 Å². The lowest BCUT2D eigenvalue weighted by Gasteiger charge is -2.10. The summed E-state index contributed by atoms with van der Waals surface area (Å²) in [7, 11) is 0. The fraction of sp³-hybridized carbons (Fsp3) is 0.609. The van der Waals surface area contributed by atoms with Gasteiger partial charge in [0.05, 0.1) is 0 Å². The molecule has 0 aromatic heterocycles. The number of allylic oxidation sites excluding steroid dienone is 1. The van der Waals surface area contributed by atoms with Crippen molar-refractivity contribution in [2.24, 2.45) is 0 Å². The molecule has 0 unspecified atom stereocenters. The monoisotopic (exact) mass is 328 g/mol. The maximum absolute atomic E-state index is 10.6. The SMILES string of the molecule is CCCCCCCc1ccc(C=CC=O)c(CCCCCCC)c1.